The Kier molecular flexibility index (Phi) is 4.66. The van der Waals surface area contributed by atoms with Crippen molar-refractivity contribution in [3.63, 3.8) is 0 Å². The standard InChI is InChI=1S/C15H22BrNO/c1-13-7-6-8-14(18)17(13)12-15(11-16)9-4-2-3-5-10-15/h6-8H,2-5,9-12H2,1H3. The van der Waals surface area contributed by atoms with Gasteiger partial charge in [0.15, 0.2) is 0 Å². The Morgan fingerprint density at radius 2 is 1.89 bits per heavy atom. The van der Waals surface area contributed by atoms with Crippen LogP contribution in [-0.4, -0.2) is 9.90 Å². The number of nitrogens with zero attached hydrogens (tertiary/aromatic N) is 1. The van der Waals surface area contributed by atoms with Gasteiger partial charge in [0, 0.05) is 23.6 Å². The van der Waals surface area contributed by atoms with Gasteiger partial charge in [-0.1, -0.05) is 47.7 Å². The first-order valence-corrected chi connectivity index (χ1v) is 8.01. The maximum atomic E-state index is 12.0. The first kappa shape index (κ1) is 13.9. The maximum absolute atomic E-state index is 12.0. The molecule has 1 fully saturated rings. The first-order chi connectivity index (χ1) is 8.67. The summed E-state index contributed by atoms with van der Waals surface area (Å²) in [5.41, 5.74) is 1.48. The molecule has 0 atom stereocenters. The van der Waals surface area contributed by atoms with E-state index >= 15 is 0 Å². The zero-order valence-electron chi connectivity index (χ0n) is 11.1. The Morgan fingerprint density at radius 1 is 1.22 bits per heavy atom. The van der Waals surface area contributed by atoms with Crippen molar-refractivity contribution in [3.8, 4) is 0 Å². The van der Waals surface area contributed by atoms with E-state index in [0.717, 1.165) is 17.6 Å². The van der Waals surface area contributed by atoms with Crippen molar-refractivity contribution >= 4 is 15.9 Å². The van der Waals surface area contributed by atoms with Gasteiger partial charge in [-0.15, -0.1) is 0 Å². The fraction of sp³-hybridized carbons (Fsp3) is 0.667. The van der Waals surface area contributed by atoms with E-state index in [1.807, 2.05) is 23.6 Å². The number of halogens is 1. The molecule has 1 heterocycles. The molecule has 0 radical (unpaired) electrons. The lowest BCUT2D eigenvalue weighted by Gasteiger charge is -2.32. The fourth-order valence-electron chi connectivity index (χ4n) is 2.97. The third-order valence-electron chi connectivity index (χ3n) is 4.21. The molecule has 0 unspecified atom stereocenters. The van der Waals surface area contributed by atoms with Crippen molar-refractivity contribution in [1.29, 1.82) is 0 Å². The second-order valence-electron chi connectivity index (χ2n) is 5.64. The normalized spacial score (nSPS) is 19.4. The van der Waals surface area contributed by atoms with Crippen molar-refractivity contribution in [3.05, 3.63) is 34.2 Å². The predicted molar refractivity (Wildman–Crippen MR) is 79.4 cm³/mol. The highest BCUT2D eigenvalue weighted by Gasteiger charge is 2.30. The highest BCUT2D eigenvalue weighted by Crippen LogP contribution is 2.38. The molecule has 1 aromatic rings. The highest BCUT2D eigenvalue weighted by atomic mass is 79.9. The molecule has 1 aliphatic carbocycles. The molecule has 1 aromatic heterocycles. The summed E-state index contributed by atoms with van der Waals surface area (Å²) in [7, 11) is 0. The van der Waals surface area contributed by atoms with Crippen LogP contribution >= 0.6 is 15.9 Å². The Morgan fingerprint density at radius 3 is 2.44 bits per heavy atom. The van der Waals surface area contributed by atoms with E-state index < -0.39 is 0 Å². The van der Waals surface area contributed by atoms with E-state index in [2.05, 4.69) is 15.9 Å². The molecule has 0 aromatic carbocycles. The highest BCUT2D eigenvalue weighted by molar-refractivity contribution is 9.09. The van der Waals surface area contributed by atoms with Crippen LogP contribution in [0.15, 0.2) is 23.0 Å². The van der Waals surface area contributed by atoms with Crippen LogP contribution in [0.3, 0.4) is 0 Å². The van der Waals surface area contributed by atoms with E-state index in [1.165, 1.54) is 38.5 Å². The van der Waals surface area contributed by atoms with E-state index in [1.54, 1.807) is 6.07 Å². The van der Waals surface area contributed by atoms with Crippen LogP contribution in [0.25, 0.3) is 0 Å². The Labute approximate surface area is 118 Å². The van der Waals surface area contributed by atoms with Crippen molar-refractivity contribution in [2.75, 3.05) is 5.33 Å². The second kappa shape index (κ2) is 6.05. The lowest BCUT2D eigenvalue weighted by Crippen LogP contribution is -2.34. The number of hydrogen-bond donors (Lipinski definition) is 0. The molecule has 1 saturated carbocycles. The van der Waals surface area contributed by atoms with Crippen molar-refractivity contribution in [2.24, 2.45) is 5.41 Å². The van der Waals surface area contributed by atoms with Crippen LogP contribution in [-0.2, 0) is 6.54 Å². The van der Waals surface area contributed by atoms with Crippen molar-refractivity contribution in [2.45, 2.75) is 52.0 Å². The van der Waals surface area contributed by atoms with Gasteiger partial charge in [0.2, 0.25) is 0 Å². The van der Waals surface area contributed by atoms with Gasteiger partial charge in [-0.05, 0) is 31.2 Å². The van der Waals surface area contributed by atoms with Gasteiger partial charge in [-0.3, -0.25) is 4.79 Å². The molecule has 1 aliphatic rings. The van der Waals surface area contributed by atoms with Gasteiger partial charge in [0.1, 0.15) is 0 Å². The molecule has 0 N–H and O–H groups in total. The van der Waals surface area contributed by atoms with Crippen LogP contribution < -0.4 is 5.56 Å². The predicted octanol–water partition coefficient (Wildman–Crippen LogP) is 3.89. The summed E-state index contributed by atoms with van der Waals surface area (Å²) in [5, 5.41) is 1.00. The largest absolute Gasteiger partial charge is 0.312 e. The average molecular weight is 312 g/mol. The topological polar surface area (TPSA) is 22.0 Å². The summed E-state index contributed by atoms with van der Waals surface area (Å²) >= 11 is 3.69. The lowest BCUT2D eigenvalue weighted by molar-refractivity contribution is 0.237. The second-order valence-corrected chi connectivity index (χ2v) is 6.20. The minimum atomic E-state index is 0.138. The zero-order chi connectivity index (χ0) is 13.0. The number of aryl methyl sites for hydroxylation is 1. The van der Waals surface area contributed by atoms with Gasteiger partial charge < -0.3 is 4.57 Å². The fourth-order valence-corrected chi connectivity index (χ4v) is 3.71. The van der Waals surface area contributed by atoms with E-state index in [-0.39, 0.29) is 11.0 Å². The summed E-state index contributed by atoms with van der Waals surface area (Å²) in [6.07, 6.45) is 7.76. The lowest BCUT2D eigenvalue weighted by atomic mass is 9.82. The number of rotatable bonds is 3. The third kappa shape index (κ3) is 3.05. The summed E-state index contributed by atoms with van der Waals surface area (Å²) in [4.78, 5) is 12.0. The molecular weight excluding hydrogens is 290 g/mol. The van der Waals surface area contributed by atoms with Crippen molar-refractivity contribution < 1.29 is 0 Å². The van der Waals surface area contributed by atoms with Crippen LogP contribution in [0.1, 0.15) is 44.2 Å². The van der Waals surface area contributed by atoms with Crippen LogP contribution in [0, 0.1) is 12.3 Å². The smallest absolute Gasteiger partial charge is 0.250 e. The third-order valence-corrected chi connectivity index (χ3v) is 5.40. The molecular formula is C15H22BrNO. The average Bonchev–Trinajstić information content (AvgIpc) is 2.60. The van der Waals surface area contributed by atoms with E-state index in [0.29, 0.717) is 0 Å². The minimum absolute atomic E-state index is 0.138. The molecule has 0 amide bonds. The number of hydrogen-bond acceptors (Lipinski definition) is 1. The summed E-state index contributed by atoms with van der Waals surface area (Å²) < 4.78 is 1.95. The van der Waals surface area contributed by atoms with Gasteiger partial charge in [0.25, 0.3) is 5.56 Å². The Balaban J connectivity index is 2.26. The molecule has 2 nitrogen and oxygen atoms in total. The maximum Gasteiger partial charge on any atom is 0.250 e. The molecule has 18 heavy (non-hydrogen) atoms. The summed E-state index contributed by atoms with van der Waals surface area (Å²) in [5.74, 6) is 0. The first-order valence-electron chi connectivity index (χ1n) is 6.89. The molecule has 0 aliphatic heterocycles. The molecule has 3 heteroatoms. The van der Waals surface area contributed by atoms with Gasteiger partial charge in [-0.2, -0.15) is 0 Å². The van der Waals surface area contributed by atoms with Crippen LogP contribution in [0.2, 0.25) is 0 Å². The van der Waals surface area contributed by atoms with Gasteiger partial charge in [-0.25, -0.2) is 0 Å². The quantitative estimate of drug-likeness (QED) is 0.613. The Bertz CT molecular complexity index is 444. The Hall–Kier alpha value is -0.570. The monoisotopic (exact) mass is 311 g/mol. The molecule has 0 spiro atoms. The van der Waals surface area contributed by atoms with Gasteiger partial charge in [0.05, 0.1) is 0 Å². The molecule has 0 bridgehead atoms. The van der Waals surface area contributed by atoms with E-state index in [9.17, 15) is 4.79 Å². The summed E-state index contributed by atoms with van der Waals surface area (Å²) in [6, 6.07) is 5.55. The molecule has 100 valence electrons. The minimum Gasteiger partial charge on any atom is -0.312 e. The number of aromatic nitrogens is 1. The van der Waals surface area contributed by atoms with Crippen LogP contribution in [0.5, 0.6) is 0 Å². The molecule has 2 rings (SSSR count). The SMILES string of the molecule is Cc1cccc(=O)n1CC1(CBr)CCCCCC1. The van der Waals surface area contributed by atoms with E-state index in [4.69, 9.17) is 0 Å². The zero-order valence-corrected chi connectivity index (χ0v) is 12.7. The molecule has 0 saturated heterocycles. The van der Waals surface area contributed by atoms with Crippen LogP contribution in [0.4, 0.5) is 0 Å². The number of alkyl halides is 1. The van der Waals surface area contributed by atoms with Gasteiger partial charge >= 0.3 is 0 Å². The van der Waals surface area contributed by atoms with Crippen molar-refractivity contribution in [1.82, 2.24) is 4.57 Å². The summed E-state index contributed by atoms with van der Waals surface area (Å²) in [6.45, 7) is 2.89. The number of pyridine rings is 1.